The maximum atomic E-state index is 11.3. The Hall–Kier alpha value is -0.610. The van der Waals surface area contributed by atoms with Crippen LogP contribution in [0.4, 0.5) is 0 Å². The van der Waals surface area contributed by atoms with Gasteiger partial charge < -0.3 is 11.1 Å². The Morgan fingerprint density at radius 2 is 2.07 bits per heavy atom. The van der Waals surface area contributed by atoms with Crippen molar-refractivity contribution >= 4 is 5.91 Å². The molecule has 0 aromatic heterocycles. The molecule has 2 atom stereocenters. The molecule has 1 aliphatic rings. The molecule has 4 heteroatoms. The van der Waals surface area contributed by atoms with Crippen LogP contribution >= 0.6 is 0 Å². The van der Waals surface area contributed by atoms with Crippen molar-refractivity contribution in [3.8, 4) is 0 Å². The van der Waals surface area contributed by atoms with Gasteiger partial charge in [-0.3, -0.25) is 9.69 Å². The van der Waals surface area contributed by atoms with Gasteiger partial charge in [0.25, 0.3) is 0 Å². The zero-order valence-corrected chi connectivity index (χ0v) is 9.83. The molecule has 1 rings (SSSR count). The van der Waals surface area contributed by atoms with E-state index in [-0.39, 0.29) is 11.9 Å². The second-order valence-corrected chi connectivity index (χ2v) is 4.46. The molecule has 4 nitrogen and oxygen atoms in total. The van der Waals surface area contributed by atoms with E-state index >= 15 is 0 Å². The van der Waals surface area contributed by atoms with Crippen molar-refractivity contribution in [2.75, 3.05) is 20.6 Å². The molecule has 0 aromatic carbocycles. The molecule has 0 radical (unpaired) electrons. The Morgan fingerprint density at radius 3 is 2.73 bits per heavy atom. The summed E-state index contributed by atoms with van der Waals surface area (Å²) in [6.07, 6.45) is 5.94. The van der Waals surface area contributed by atoms with Gasteiger partial charge in [-0.25, -0.2) is 0 Å². The SMILES string of the molecule is CNC(=O)CN(C)C1CCCCCC1N. The van der Waals surface area contributed by atoms with E-state index in [1.807, 2.05) is 7.05 Å². The largest absolute Gasteiger partial charge is 0.358 e. The van der Waals surface area contributed by atoms with Crippen LogP contribution in [0.2, 0.25) is 0 Å². The molecule has 1 amide bonds. The van der Waals surface area contributed by atoms with E-state index in [1.165, 1.54) is 19.3 Å². The predicted octanol–water partition coefficient (Wildman–Crippen LogP) is 0.324. The first-order valence-corrected chi connectivity index (χ1v) is 5.81. The van der Waals surface area contributed by atoms with E-state index in [2.05, 4.69) is 10.2 Å². The van der Waals surface area contributed by atoms with Crippen LogP contribution < -0.4 is 11.1 Å². The number of carbonyl (C=O) groups excluding carboxylic acids is 1. The molecule has 2 unspecified atom stereocenters. The molecule has 0 aliphatic heterocycles. The van der Waals surface area contributed by atoms with Gasteiger partial charge in [-0.2, -0.15) is 0 Å². The van der Waals surface area contributed by atoms with Gasteiger partial charge in [-0.05, 0) is 19.9 Å². The molecule has 15 heavy (non-hydrogen) atoms. The molecular weight excluding hydrogens is 190 g/mol. The molecule has 1 saturated carbocycles. The number of rotatable bonds is 3. The highest BCUT2D eigenvalue weighted by Gasteiger charge is 2.24. The Kier molecular flexibility index (Phi) is 5.05. The normalized spacial score (nSPS) is 27.5. The summed E-state index contributed by atoms with van der Waals surface area (Å²) in [4.78, 5) is 13.4. The minimum absolute atomic E-state index is 0.0638. The monoisotopic (exact) mass is 213 g/mol. The third-order valence-electron chi connectivity index (χ3n) is 3.27. The van der Waals surface area contributed by atoms with Crippen LogP contribution in [0.1, 0.15) is 32.1 Å². The predicted molar refractivity (Wildman–Crippen MR) is 61.5 cm³/mol. The van der Waals surface area contributed by atoms with Crippen molar-refractivity contribution in [1.29, 1.82) is 0 Å². The van der Waals surface area contributed by atoms with Crippen molar-refractivity contribution in [3.05, 3.63) is 0 Å². The van der Waals surface area contributed by atoms with E-state index in [1.54, 1.807) is 7.05 Å². The number of carbonyl (C=O) groups is 1. The van der Waals surface area contributed by atoms with Crippen LogP contribution in [0.3, 0.4) is 0 Å². The molecule has 3 N–H and O–H groups in total. The van der Waals surface area contributed by atoms with Crippen molar-refractivity contribution in [1.82, 2.24) is 10.2 Å². The minimum Gasteiger partial charge on any atom is -0.358 e. The molecule has 0 spiro atoms. The highest BCUT2D eigenvalue weighted by Crippen LogP contribution is 2.20. The first kappa shape index (κ1) is 12.5. The summed E-state index contributed by atoms with van der Waals surface area (Å²) in [5, 5.41) is 2.64. The van der Waals surface area contributed by atoms with Gasteiger partial charge in [0.2, 0.25) is 5.91 Å². The van der Waals surface area contributed by atoms with Crippen LogP contribution in [0.5, 0.6) is 0 Å². The van der Waals surface area contributed by atoms with Crippen molar-refractivity contribution in [2.24, 2.45) is 5.73 Å². The number of hydrogen-bond donors (Lipinski definition) is 2. The summed E-state index contributed by atoms with van der Waals surface area (Å²) >= 11 is 0. The van der Waals surface area contributed by atoms with Crippen LogP contribution in [-0.2, 0) is 4.79 Å². The van der Waals surface area contributed by atoms with E-state index in [0.29, 0.717) is 12.6 Å². The van der Waals surface area contributed by atoms with Gasteiger partial charge in [0.05, 0.1) is 6.54 Å². The quantitative estimate of drug-likeness (QED) is 0.664. The van der Waals surface area contributed by atoms with E-state index < -0.39 is 0 Å². The Labute approximate surface area is 92.2 Å². The molecule has 0 bridgehead atoms. The van der Waals surface area contributed by atoms with Crippen molar-refractivity contribution < 1.29 is 4.79 Å². The number of nitrogens with zero attached hydrogens (tertiary/aromatic N) is 1. The summed E-state index contributed by atoms with van der Waals surface area (Å²) < 4.78 is 0. The van der Waals surface area contributed by atoms with Gasteiger partial charge in [-0.15, -0.1) is 0 Å². The fourth-order valence-electron chi connectivity index (χ4n) is 2.29. The van der Waals surface area contributed by atoms with E-state index in [0.717, 1.165) is 12.8 Å². The molecule has 0 aromatic rings. The number of likely N-dealkylation sites (N-methyl/N-ethyl adjacent to an activating group) is 2. The average Bonchev–Trinajstić information content (AvgIpc) is 2.42. The first-order valence-electron chi connectivity index (χ1n) is 5.81. The molecule has 0 heterocycles. The lowest BCUT2D eigenvalue weighted by Crippen LogP contribution is -2.48. The lowest BCUT2D eigenvalue weighted by molar-refractivity contribution is -0.122. The topological polar surface area (TPSA) is 58.4 Å². The van der Waals surface area contributed by atoms with Gasteiger partial charge in [-0.1, -0.05) is 19.3 Å². The highest BCUT2D eigenvalue weighted by atomic mass is 16.1. The van der Waals surface area contributed by atoms with E-state index in [9.17, 15) is 4.79 Å². The zero-order chi connectivity index (χ0) is 11.3. The third-order valence-corrected chi connectivity index (χ3v) is 3.27. The summed E-state index contributed by atoms with van der Waals surface area (Å²) in [6.45, 7) is 0.453. The molecule has 0 saturated heterocycles. The van der Waals surface area contributed by atoms with Gasteiger partial charge in [0, 0.05) is 19.1 Å². The third kappa shape index (κ3) is 3.80. The fraction of sp³-hybridized carbons (Fsp3) is 0.909. The summed E-state index contributed by atoms with van der Waals surface area (Å²) in [7, 11) is 3.66. The van der Waals surface area contributed by atoms with Crippen molar-refractivity contribution in [3.63, 3.8) is 0 Å². The van der Waals surface area contributed by atoms with Gasteiger partial charge in [0.1, 0.15) is 0 Å². The molecule has 1 fully saturated rings. The lowest BCUT2D eigenvalue weighted by Gasteiger charge is -2.30. The minimum atomic E-state index is 0.0638. The lowest BCUT2D eigenvalue weighted by atomic mass is 10.0. The smallest absolute Gasteiger partial charge is 0.233 e. The molecule has 1 aliphatic carbocycles. The fourth-order valence-corrected chi connectivity index (χ4v) is 2.29. The average molecular weight is 213 g/mol. The Morgan fingerprint density at radius 1 is 1.40 bits per heavy atom. The summed E-state index contributed by atoms with van der Waals surface area (Å²) in [5.41, 5.74) is 6.12. The zero-order valence-electron chi connectivity index (χ0n) is 9.83. The second-order valence-electron chi connectivity index (χ2n) is 4.46. The van der Waals surface area contributed by atoms with Crippen LogP contribution in [0.15, 0.2) is 0 Å². The summed E-state index contributed by atoms with van der Waals surface area (Å²) in [6, 6.07) is 0.590. The summed E-state index contributed by atoms with van der Waals surface area (Å²) in [5.74, 6) is 0.0638. The number of nitrogens with one attached hydrogen (secondary N) is 1. The van der Waals surface area contributed by atoms with Crippen LogP contribution in [0.25, 0.3) is 0 Å². The second kappa shape index (κ2) is 6.08. The van der Waals surface area contributed by atoms with E-state index in [4.69, 9.17) is 5.73 Å². The van der Waals surface area contributed by atoms with Crippen LogP contribution in [-0.4, -0.2) is 43.5 Å². The van der Waals surface area contributed by atoms with Gasteiger partial charge in [0.15, 0.2) is 0 Å². The van der Waals surface area contributed by atoms with Gasteiger partial charge >= 0.3 is 0 Å². The number of hydrogen-bond acceptors (Lipinski definition) is 3. The Balaban J connectivity index is 2.47. The number of amides is 1. The standard InChI is InChI=1S/C11H23N3O/c1-13-11(15)8-14(2)10-7-5-3-4-6-9(10)12/h9-10H,3-8,12H2,1-2H3,(H,13,15). The molecular formula is C11H23N3O. The maximum Gasteiger partial charge on any atom is 0.233 e. The Bertz CT molecular complexity index is 208. The number of nitrogens with two attached hydrogens (primary N) is 1. The first-order chi connectivity index (χ1) is 7.15. The highest BCUT2D eigenvalue weighted by molar-refractivity contribution is 5.77. The maximum absolute atomic E-state index is 11.3. The molecule has 88 valence electrons. The van der Waals surface area contributed by atoms with Crippen molar-refractivity contribution in [2.45, 2.75) is 44.2 Å². The van der Waals surface area contributed by atoms with Crippen LogP contribution in [0, 0.1) is 0 Å².